The summed E-state index contributed by atoms with van der Waals surface area (Å²) >= 11 is 0. The number of hydrogen-bond donors (Lipinski definition) is 2. The minimum absolute atomic E-state index is 0.0223. The minimum Gasteiger partial charge on any atom is -0.455 e. The SMILES string of the molecule is CC(=O)Nc1cccc(NC(=O)COC(=O)C2CC2)c1. The van der Waals surface area contributed by atoms with Crippen molar-refractivity contribution >= 4 is 29.2 Å². The van der Waals surface area contributed by atoms with Crippen LogP contribution in [0.2, 0.25) is 0 Å². The fraction of sp³-hybridized carbons (Fsp3) is 0.357. The summed E-state index contributed by atoms with van der Waals surface area (Å²) in [5.41, 5.74) is 1.12. The first-order chi connectivity index (χ1) is 9.54. The molecule has 6 nitrogen and oxygen atoms in total. The smallest absolute Gasteiger partial charge is 0.309 e. The lowest BCUT2D eigenvalue weighted by Crippen LogP contribution is -2.21. The van der Waals surface area contributed by atoms with Crippen LogP contribution in [0.5, 0.6) is 0 Å². The molecule has 1 aromatic rings. The summed E-state index contributed by atoms with van der Waals surface area (Å²) in [5, 5.41) is 5.22. The van der Waals surface area contributed by atoms with E-state index in [1.807, 2.05) is 0 Å². The number of carbonyl (C=O) groups excluding carboxylic acids is 3. The predicted octanol–water partition coefficient (Wildman–Crippen LogP) is 1.54. The maximum absolute atomic E-state index is 11.6. The van der Waals surface area contributed by atoms with E-state index in [0.717, 1.165) is 12.8 Å². The molecule has 1 aliphatic carbocycles. The van der Waals surface area contributed by atoms with E-state index in [4.69, 9.17) is 4.74 Å². The van der Waals surface area contributed by atoms with Gasteiger partial charge in [-0.05, 0) is 31.0 Å². The molecule has 2 amide bonds. The summed E-state index contributed by atoms with van der Waals surface area (Å²) in [6.07, 6.45) is 1.69. The van der Waals surface area contributed by atoms with Gasteiger partial charge in [0.1, 0.15) is 0 Å². The summed E-state index contributed by atoms with van der Waals surface area (Å²) in [7, 11) is 0. The third-order valence-electron chi connectivity index (χ3n) is 2.72. The first kappa shape index (κ1) is 14.0. The molecule has 0 radical (unpaired) electrons. The highest BCUT2D eigenvalue weighted by molar-refractivity contribution is 5.94. The van der Waals surface area contributed by atoms with Gasteiger partial charge < -0.3 is 15.4 Å². The van der Waals surface area contributed by atoms with Gasteiger partial charge in [-0.3, -0.25) is 14.4 Å². The van der Waals surface area contributed by atoms with E-state index in [0.29, 0.717) is 11.4 Å². The van der Waals surface area contributed by atoms with Crippen molar-refractivity contribution in [2.45, 2.75) is 19.8 Å². The van der Waals surface area contributed by atoms with E-state index in [2.05, 4.69) is 10.6 Å². The van der Waals surface area contributed by atoms with Gasteiger partial charge in [0.2, 0.25) is 5.91 Å². The number of rotatable bonds is 5. The van der Waals surface area contributed by atoms with E-state index in [1.54, 1.807) is 24.3 Å². The topological polar surface area (TPSA) is 84.5 Å². The molecule has 1 aliphatic rings. The van der Waals surface area contributed by atoms with Crippen molar-refractivity contribution in [1.82, 2.24) is 0 Å². The van der Waals surface area contributed by atoms with Crippen molar-refractivity contribution in [3.8, 4) is 0 Å². The second-order valence-corrected chi connectivity index (χ2v) is 4.69. The van der Waals surface area contributed by atoms with E-state index in [9.17, 15) is 14.4 Å². The Kier molecular flexibility index (Phi) is 4.34. The van der Waals surface area contributed by atoms with Crippen LogP contribution < -0.4 is 10.6 Å². The zero-order valence-corrected chi connectivity index (χ0v) is 11.1. The zero-order valence-electron chi connectivity index (χ0n) is 11.1. The first-order valence-corrected chi connectivity index (χ1v) is 6.39. The highest BCUT2D eigenvalue weighted by Gasteiger charge is 2.31. The third kappa shape index (κ3) is 4.38. The quantitative estimate of drug-likeness (QED) is 0.799. The molecular formula is C14H16N2O4. The van der Waals surface area contributed by atoms with Crippen LogP contribution in [0.4, 0.5) is 11.4 Å². The molecule has 1 saturated carbocycles. The second-order valence-electron chi connectivity index (χ2n) is 4.69. The molecule has 0 atom stereocenters. The van der Waals surface area contributed by atoms with Crippen LogP contribution in [-0.2, 0) is 19.1 Å². The average Bonchev–Trinajstić information content (AvgIpc) is 3.19. The van der Waals surface area contributed by atoms with Gasteiger partial charge in [0, 0.05) is 18.3 Å². The lowest BCUT2D eigenvalue weighted by molar-refractivity contribution is -0.148. The molecule has 0 aromatic heterocycles. The second kappa shape index (κ2) is 6.18. The van der Waals surface area contributed by atoms with Crippen LogP contribution in [0.15, 0.2) is 24.3 Å². The zero-order chi connectivity index (χ0) is 14.5. The van der Waals surface area contributed by atoms with Gasteiger partial charge in [0.15, 0.2) is 6.61 Å². The summed E-state index contributed by atoms with van der Waals surface area (Å²) in [6.45, 7) is 1.11. The number of nitrogens with one attached hydrogen (secondary N) is 2. The maximum Gasteiger partial charge on any atom is 0.309 e. The maximum atomic E-state index is 11.6. The van der Waals surface area contributed by atoms with Gasteiger partial charge in [-0.2, -0.15) is 0 Å². The molecule has 2 rings (SSSR count). The number of anilines is 2. The van der Waals surface area contributed by atoms with Crippen LogP contribution >= 0.6 is 0 Å². The molecule has 2 N–H and O–H groups in total. The van der Waals surface area contributed by atoms with Crippen molar-refractivity contribution in [2.75, 3.05) is 17.2 Å². The van der Waals surface area contributed by atoms with Gasteiger partial charge in [0.05, 0.1) is 5.92 Å². The molecule has 0 saturated heterocycles. The molecule has 20 heavy (non-hydrogen) atoms. The summed E-state index contributed by atoms with van der Waals surface area (Å²) in [5.74, 6) is -0.927. The lowest BCUT2D eigenvalue weighted by atomic mass is 10.2. The van der Waals surface area contributed by atoms with Crippen molar-refractivity contribution in [3.63, 3.8) is 0 Å². The highest BCUT2D eigenvalue weighted by atomic mass is 16.5. The summed E-state index contributed by atoms with van der Waals surface area (Å²) < 4.78 is 4.87. The molecule has 1 fully saturated rings. The predicted molar refractivity (Wildman–Crippen MR) is 73.1 cm³/mol. The Balaban J connectivity index is 1.83. The molecule has 106 valence electrons. The molecule has 0 heterocycles. The number of esters is 1. The van der Waals surface area contributed by atoms with Crippen LogP contribution in [0.3, 0.4) is 0 Å². The van der Waals surface area contributed by atoms with E-state index < -0.39 is 5.91 Å². The van der Waals surface area contributed by atoms with Crippen LogP contribution in [0.25, 0.3) is 0 Å². The molecule has 0 bridgehead atoms. The van der Waals surface area contributed by atoms with Gasteiger partial charge in [0.25, 0.3) is 5.91 Å². The minimum atomic E-state index is -0.404. The van der Waals surface area contributed by atoms with Gasteiger partial charge >= 0.3 is 5.97 Å². The van der Waals surface area contributed by atoms with Crippen molar-refractivity contribution in [2.24, 2.45) is 5.92 Å². The monoisotopic (exact) mass is 276 g/mol. The Bertz CT molecular complexity index is 538. The Labute approximate surface area is 116 Å². The fourth-order valence-corrected chi connectivity index (χ4v) is 1.65. The number of hydrogen-bond acceptors (Lipinski definition) is 4. The Hall–Kier alpha value is -2.37. The Morgan fingerprint density at radius 1 is 1.20 bits per heavy atom. The molecule has 0 spiro atoms. The van der Waals surface area contributed by atoms with Gasteiger partial charge in [-0.1, -0.05) is 6.07 Å². The largest absolute Gasteiger partial charge is 0.455 e. The number of carbonyl (C=O) groups is 3. The van der Waals surface area contributed by atoms with Crippen molar-refractivity contribution in [1.29, 1.82) is 0 Å². The number of ether oxygens (including phenoxy) is 1. The van der Waals surface area contributed by atoms with Crippen LogP contribution in [0.1, 0.15) is 19.8 Å². The number of benzene rings is 1. The van der Waals surface area contributed by atoms with E-state index in [-0.39, 0.29) is 24.4 Å². The summed E-state index contributed by atoms with van der Waals surface area (Å²) in [4.78, 5) is 33.8. The standard InChI is InChI=1S/C14H16N2O4/c1-9(17)15-11-3-2-4-12(7-11)16-13(18)8-20-14(19)10-5-6-10/h2-4,7,10H,5-6,8H2,1H3,(H,15,17)(H,16,18). The normalized spacial score (nSPS) is 13.4. The van der Waals surface area contributed by atoms with E-state index in [1.165, 1.54) is 6.92 Å². The molecule has 0 unspecified atom stereocenters. The molecule has 1 aromatic carbocycles. The number of amides is 2. The van der Waals surface area contributed by atoms with Crippen LogP contribution in [-0.4, -0.2) is 24.4 Å². The fourth-order valence-electron chi connectivity index (χ4n) is 1.65. The van der Waals surface area contributed by atoms with Gasteiger partial charge in [-0.25, -0.2) is 0 Å². The molecular weight excluding hydrogens is 260 g/mol. The third-order valence-corrected chi connectivity index (χ3v) is 2.72. The Morgan fingerprint density at radius 3 is 2.45 bits per heavy atom. The van der Waals surface area contributed by atoms with Crippen LogP contribution in [0, 0.1) is 5.92 Å². The summed E-state index contributed by atoms with van der Waals surface area (Å²) in [6, 6.07) is 6.73. The molecule has 0 aliphatic heterocycles. The molecule has 6 heteroatoms. The average molecular weight is 276 g/mol. The Morgan fingerprint density at radius 2 is 1.85 bits per heavy atom. The van der Waals surface area contributed by atoms with Gasteiger partial charge in [-0.15, -0.1) is 0 Å². The lowest BCUT2D eigenvalue weighted by Gasteiger charge is -2.08. The highest BCUT2D eigenvalue weighted by Crippen LogP contribution is 2.29. The first-order valence-electron chi connectivity index (χ1n) is 6.39. The van der Waals surface area contributed by atoms with Crippen molar-refractivity contribution in [3.05, 3.63) is 24.3 Å². The van der Waals surface area contributed by atoms with Crippen molar-refractivity contribution < 1.29 is 19.1 Å². The van der Waals surface area contributed by atoms with E-state index >= 15 is 0 Å².